The lowest BCUT2D eigenvalue weighted by Crippen LogP contribution is -2.38. The van der Waals surface area contributed by atoms with Crippen LogP contribution in [0, 0.1) is 6.92 Å². The van der Waals surface area contributed by atoms with Gasteiger partial charge < -0.3 is 4.74 Å². The highest BCUT2D eigenvalue weighted by molar-refractivity contribution is 7.89. The highest BCUT2D eigenvalue weighted by atomic mass is 35.5. The van der Waals surface area contributed by atoms with E-state index >= 15 is 0 Å². The molecule has 1 unspecified atom stereocenters. The smallest absolute Gasteiger partial charge is 0.243 e. The molecule has 4 nitrogen and oxygen atoms in total. The second-order valence-corrected chi connectivity index (χ2v) is 8.55. The average Bonchev–Trinajstić information content (AvgIpc) is 2.56. The zero-order valence-corrected chi connectivity index (χ0v) is 15.3. The average molecular weight is 366 g/mol. The first kappa shape index (κ1) is 17.4. The van der Waals surface area contributed by atoms with E-state index in [-0.39, 0.29) is 11.0 Å². The van der Waals surface area contributed by atoms with Gasteiger partial charge in [0.1, 0.15) is 0 Å². The third kappa shape index (κ3) is 3.49. The van der Waals surface area contributed by atoms with Crippen LogP contribution in [0.25, 0.3) is 0 Å². The van der Waals surface area contributed by atoms with Crippen LogP contribution in [0.1, 0.15) is 16.7 Å². The fourth-order valence-electron chi connectivity index (χ4n) is 2.93. The molecule has 6 heteroatoms. The van der Waals surface area contributed by atoms with E-state index in [1.165, 1.54) is 21.5 Å². The van der Waals surface area contributed by atoms with Gasteiger partial charge in [0.25, 0.3) is 0 Å². The summed E-state index contributed by atoms with van der Waals surface area (Å²) in [6.45, 7) is 2.60. The van der Waals surface area contributed by atoms with Crippen molar-refractivity contribution in [2.24, 2.45) is 0 Å². The number of fused-ring (bicyclic) bond motifs is 1. The Morgan fingerprint density at radius 2 is 1.92 bits per heavy atom. The summed E-state index contributed by atoms with van der Waals surface area (Å²) in [5.74, 6) is 0. The lowest BCUT2D eigenvalue weighted by Gasteiger charge is -2.29. The van der Waals surface area contributed by atoms with Gasteiger partial charge in [-0.2, -0.15) is 4.31 Å². The van der Waals surface area contributed by atoms with E-state index in [4.69, 9.17) is 16.3 Å². The number of nitrogens with zero attached hydrogens (tertiary/aromatic N) is 1. The molecule has 2 aromatic rings. The summed E-state index contributed by atoms with van der Waals surface area (Å²) in [4.78, 5) is 0.244. The van der Waals surface area contributed by atoms with Gasteiger partial charge in [0.05, 0.1) is 17.6 Å². The molecule has 0 bridgehead atoms. The number of benzene rings is 2. The maximum atomic E-state index is 12.8. The number of aryl methyl sites for hydroxylation is 1. The normalized spacial score (nSPS) is 17.8. The van der Waals surface area contributed by atoms with Gasteiger partial charge in [0, 0.05) is 25.0 Å². The van der Waals surface area contributed by atoms with Gasteiger partial charge in [-0.3, -0.25) is 0 Å². The summed E-state index contributed by atoms with van der Waals surface area (Å²) in [6.07, 6.45) is 0.559. The van der Waals surface area contributed by atoms with Crippen molar-refractivity contribution in [1.29, 1.82) is 0 Å². The molecule has 24 heavy (non-hydrogen) atoms. The van der Waals surface area contributed by atoms with Gasteiger partial charge in [-0.05, 0) is 35.7 Å². The van der Waals surface area contributed by atoms with Crippen molar-refractivity contribution in [3.8, 4) is 0 Å². The lowest BCUT2D eigenvalue weighted by molar-refractivity contribution is 0.0202. The van der Waals surface area contributed by atoms with Crippen molar-refractivity contribution in [3.63, 3.8) is 0 Å². The van der Waals surface area contributed by atoms with Crippen LogP contribution < -0.4 is 0 Å². The monoisotopic (exact) mass is 365 g/mol. The van der Waals surface area contributed by atoms with Crippen LogP contribution in [-0.2, 0) is 27.8 Å². The molecule has 0 N–H and O–H groups in total. The molecule has 0 aromatic heterocycles. The highest BCUT2D eigenvalue weighted by Gasteiger charge is 2.28. The van der Waals surface area contributed by atoms with Crippen LogP contribution in [0.3, 0.4) is 0 Å². The Bertz CT molecular complexity index is 851. The number of hydrogen-bond acceptors (Lipinski definition) is 3. The zero-order valence-electron chi connectivity index (χ0n) is 13.7. The zero-order chi connectivity index (χ0) is 17.3. The third-order valence-electron chi connectivity index (χ3n) is 4.34. The van der Waals surface area contributed by atoms with Gasteiger partial charge in [0.2, 0.25) is 10.0 Å². The Hall–Kier alpha value is -1.40. The summed E-state index contributed by atoms with van der Waals surface area (Å²) in [5.41, 5.74) is 3.07. The van der Waals surface area contributed by atoms with E-state index in [9.17, 15) is 8.42 Å². The van der Waals surface area contributed by atoms with Crippen LogP contribution in [-0.4, -0.2) is 32.4 Å². The molecular weight excluding hydrogens is 346 g/mol. The van der Waals surface area contributed by atoms with E-state index in [1.54, 1.807) is 26.1 Å². The van der Waals surface area contributed by atoms with E-state index in [0.717, 1.165) is 0 Å². The van der Waals surface area contributed by atoms with Gasteiger partial charge >= 0.3 is 0 Å². The second-order valence-electron chi connectivity index (χ2n) is 6.10. The lowest BCUT2D eigenvalue weighted by atomic mass is 9.99. The number of hydrogen-bond donors (Lipinski definition) is 0. The quantitative estimate of drug-likeness (QED) is 0.834. The molecular formula is C18H20ClNO3S. The fraction of sp³-hybridized carbons (Fsp3) is 0.333. The van der Waals surface area contributed by atoms with E-state index in [2.05, 4.69) is 6.07 Å². The third-order valence-corrected chi connectivity index (χ3v) is 6.54. The van der Waals surface area contributed by atoms with Crippen LogP contribution >= 0.6 is 11.6 Å². The summed E-state index contributed by atoms with van der Waals surface area (Å²) in [6, 6.07) is 13.0. The van der Waals surface area contributed by atoms with Crippen molar-refractivity contribution in [1.82, 2.24) is 4.31 Å². The molecule has 0 amide bonds. The summed E-state index contributed by atoms with van der Waals surface area (Å²) >= 11 is 5.97. The van der Waals surface area contributed by atoms with Crippen molar-refractivity contribution >= 4 is 21.6 Å². The number of rotatable bonds is 4. The molecule has 2 aromatic carbocycles. The Kier molecular flexibility index (Phi) is 4.97. The standard InChI is InChI=1S/C18H20ClNO3S/c1-13-7-8-16(19)10-18(13)24(21,22)20(2)11-17-9-14-5-3-4-6-15(14)12-23-17/h3-8,10,17H,9,11-12H2,1-2H3. The largest absolute Gasteiger partial charge is 0.372 e. The van der Waals surface area contributed by atoms with Crippen molar-refractivity contribution < 1.29 is 13.2 Å². The number of likely N-dealkylation sites (N-methyl/N-ethyl adjacent to an activating group) is 1. The number of halogens is 1. The van der Waals surface area contributed by atoms with Crippen molar-refractivity contribution in [2.75, 3.05) is 13.6 Å². The van der Waals surface area contributed by atoms with Crippen molar-refractivity contribution in [2.45, 2.75) is 31.0 Å². The maximum Gasteiger partial charge on any atom is 0.243 e. The molecule has 0 spiro atoms. The van der Waals surface area contributed by atoms with Crippen LogP contribution in [0.2, 0.25) is 5.02 Å². The number of sulfonamides is 1. The minimum absolute atomic E-state index is 0.154. The first-order valence-electron chi connectivity index (χ1n) is 7.79. The second kappa shape index (κ2) is 6.84. The first-order chi connectivity index (χ1) is 11.4. The highest BCUT2D eigenvalue weighted by Crippen LogP contribution is 2.25. The maximum absolute atomic E-state index is 12.8. The molecule has 0 saturated heterocycles. The Balaban J connectivity index is 1.77. The Morgan fingerprint density at radius 3 is 2.67 bits per heavy atom. The summed E-state index contributed by atoms with van der Waals surface area (Å²) in [5, 5.41) is 0.412. The van der Waals surface area contributed by atoms with Gasteiger partial charge in [-0.15, -0.1) is 0 Å². The van der Waals surface area contributed by atoms with Gasteiger partial charge in [-0.1, -0.05) is 41.9 Å². The molecule has 1 aliphatic heterocycles. The molecule has 0 aliphatic carbocycles. The predicted octanol–water partition coefficient (Wildman–Crippen LogP) is 3.41. The summed E-state index contributed by atoms with van der Waals surface area (Å²) < 4.78 is 32.9. The first-order valence-corrected chi connectivity index (χ1v) is 9.60. The van der Waals surface area contributed by atoms with E-state index in [1.807, 2.05) is 18.2 Å². The summed E-state index contributed by atoms with van der Waals surface area (Å²) in [7, 11) is -2.02. The predicted molar refractivity (Wildman–Crippen MR) is 94.7 cm³/mol. The fourth-order valence-corrected chi connectivity index (χ4v) is 4.62. The van der Waals surface area contributed by atoms with Gasteiger partial charge in [0.15, 0.2) is 0 Å². The van der Waals surface area contributed by atoms with Crippen LogP contribution in [0.15, 0.2) is 47.4 Å². The minimum Gasteiger partial charge on any atom is -0.372 e. The van der Waals surface area contributed by atoms with E-state index in [0.29, 0.717) is 30.2 Å². The number of ether oxygens (including phenoxy) is 1. The molecule has 1 atom stereocenters. The SMILES string of the molecule is Cc1ccc(Cl)cc1S(=O)(=O)N(C)CC1Cc2ccccc2CO1. The minimum atomic E-state index is -3.60. The Labute approximate surface area is 148 Å². The molecule has 1 heterocycles. The van der Waals surface area contributed by atoms with Crippen molar-refractivity contribution in [3.05, 3.63) is 64.2 Å². The van der Waals surface area contributed by atoms with Gasteiger partial charge in [-0.25, -0.2) is 8.42 Å². The molecule has 128 valence electrons. The van der Waals surface area contributed by atoms with E-state index < -0.39 is 10.0 Å². The topological polar surface area (TPSA) is 46.6 Å². The molecule has 0 saturated carbocycles. The molecule has 0 radical (unpaired) electrons. The Morgan fingerprint density at radius 1 is 1.21 bits per heavy atom. The van der Waals surface area contributed by atoms with Crippen LogP contribution in [0.5, 0.6) is 0 Å². The molecule has 0 fully saturated rings. The molecule has 1 aliphatic rings. The van der Waals surface area contributed by atoms with Crippen LogP contribution in [0.4, 0.5) is 0 Å². The molecule has 3 rings (SSSR count).